The maximum atomic E-state index is 9.00. The standard InChI is InChI=1S/C9H13NO2/c1-2-9(10-12)7-3-5-8(11)6-4-7/h3-6,9-12H,2H2,1H3. The third-order valence-corrected chi connectivity index (χ3v) is 1.86. The summed E-state index contributed by atoms with van der Waals surface area (Å²) in [5.74, 6) is 0.242. The molecule has 0 saturated heterocycles. The Labute approximate surface area is 71.6 Å². The normalized spacial score (nSPS) is 12.8. The predicted octanol–water partition coefficient (Wildman–Crippen LogP) is 1.82. The zero-order chi connectivity index (χ0) is 8.97. The summed E-state index contributed by atoms with van der Waals surface area (Å²) in [6.45, 7) is 1.97. The molecule has 1 aromatic rings. The smallest absolute Gasteiger partial charge is 0.115 e. The van der Waals surface area contributed by atoms with E-state index in [2.05, 4.69) is 5.48 Å². The number of hydrogen-bond acceptors (Lipinski definition) is 3. The molecule has 1 unspecified atom stereocenters. The summed E-state index contributed by atoms with van der Waals surface area (Å²) in [7, 11) is 0. The summed E-state index contributed by atoms with van der Waals surface area (Å²) in [5, 5.41) is 17.7. The average molecular weight is 167 g/mol. The van der Waals surface area contributed by atoms with E-state index in [1.54, 1.807) is 24.3 Å². The van der Waals surface area contributed by atoms with Gasteiger partial charge in [-0.3, -0.25) is 0 Å². The molecule has 66 valence electrons. The molecule has 3 heteroatoms. The third kappa shape index (κ3) is 1.96. The fraction of sp³-hybridized carbons (Fsp3) is 0.333. The molecule has 0 aliphatic carbocycles. The van der Waals surface area contributed by atoms with E-state index >= 15 is 0 Å². The lowest BCUT2D eigenvalue weighted by Gasteiger charge is -2.12. The van der Waals surface area contributed by atoms with Gasteiger partial charge in [0.1, 0.15) is 5.75 Å². The van der Waals surface area contributed by atoms with Crippen LogP contribution in [0.4, 0.5) is 0 Å². The van der Waals surface area contributed by atoms with Crippen LogP contribution in [0.2, 0.25) is 0 Å². The summed E-state index contributed by atoms with van der Waals surface area (Å²) in [4.78, 5) is 0. The summed E-state index contributed by atoms with van der Waals surface area (Å²) in [6.07, 6.45) is 0.807. The van der Waals surface area contributed by atoms with E-state index in [4.69, 9.17) is 10.3 Å². The molecule has 1 aromatic carbocycles. The van der Waals surface area contributed by atoms with Crippen LogP contribution in [0, 0.1) is 0 Å². The zero-order valence-electron chi connectivity index (χ0n) is 6.99. The van der Waals surface area contributed by atoms with Gasteiger partial charge in [-0.25, -0.2) is 0 Å². The number of phenolic OH excluding ortho intramolecular Hbond substituents is 1. The Morgan fingerprint density at radius 3 is 2.33 bits per heavy atom. The van der Waals surface area contributed by atoms with Crippen molar-refractivity contribution in [3.8, 4) is 5.75 Å². The highest BCUT2D eigenvalue weighted by Crippen LogP contribution is 2.18. The number of hydrogen-bond donors (Lipinski definition) is 3. The maximum Gasteiger partial charge on any atom is 0.115 e. The molecule has 0 aliphatic rings. The topological polar surface area (TPSA) is 52.5 Å². The highest BCUT2D eigenvalue weighted by atomic mass is 16.5. The predicted molar refractivity (Wildman–Crippen MR) is 46.1 cm³/mol. The van der Waals surface area contributed by atoms with Gasteiger partial charge < -0.3 is 10.3 Å². The summed E-state index contributed by atoms with van der Waals surface area (Å²) < 4.78 is 0. The van der Waals surface area contributed by atoms with Gasteiger partial charge in [0.2, 0.25) is 0 Å². The van der Waals surface area contributed by atoms with Crippen molar-refractivity contribution in [3.05, 3.63) is 29.8 Å². The van der Waals surface area contributed by atoms with Gasteiger partial charge in [0.05, 0.1) is 6.04 Å². The molecule has 0 radical (unpaired) electrons. The van der Waals surface area contributed by atoms with E-state index in [1.165, 1.54) is 0 Å². The van der Waals surface area contributed by atoms with Gasteiger partial charge in [-0.05, 0) is 24.1 Å². The molecule has 1 rings (SSSR count). The van der Waals surface area contributed by atoms with E-state index in [-0.39, 0.29) is 11.8 Å². The van der Waals surface area contributed by atoms with Crippen molar-refractivity contribution in [2.45, 2.75) is 19.4 Å². The summed E-state index contributed by atoms with van der Waals surface area (Å²) in [6, 6.07) is 6.73. The lowest BCUT2D eigenvalue weighted by molar-refractivity contribution is 0.124. The van der Waals surface area contributed by atoms with Crippen molar-refractivity contribution in [1.82, 2.24) is 5.48 Å². The van der Waals surface area contributed by atoms with Crippen molar-refractivity contribution in [2.75, 3.05) is 0 Å². The van der Waals surface area contributed by atoms with Crippen molar-refractivity contribution in [1.29, 1.82) is 0 Å². The molecule has 0 bridgehead atoms. The number of benzene rings is 1. The molecular formula is C9H13NO2. The minimum atomic E-state index is -0.0504. The molecule has 0 saturated carbocycles. The van der Waals surface area contributed by atoms with E-state index in [0.717, 1.165) is 12.0 Å². The molecule has 1 atom stereocenters. The minimum absolute atomic E-state index is 0.0504. The second-order valence-corrected chi connectivity index (χ2v) is 2.68. The summed E-state index contributed by atoms with van der Waals surface area (Å²) in [5.41, 5.74) is 3.18. The van der Waals surface area contributed by atoms with Gasteiger partial charge in [0, 0.05) is 0 Å². The fourth-order valence-corrected chi connectivity index (χ4v) is 1.11. The van der Waals surface area contributed by atoms with Crippen LogP contribution in [0.5, 0.6) is 5.75 Å². The van der Waals surface area contributed by atoms with Crippen LogP contribution >= 0.6 is 0 Å². The van der Waals surface area contributed by atoms with Gasteiger partial charge in [-0.15, -0.1) is 0 Å². The summed E-state index contributed by atoms with van der Waals surface area (Å²) >= 11 is 0. The second-order valence-electron chi connectivity index (χ2n) is 2.68. The second kappa shape index (κ2) is 4.09. The highest BCUT2D eigenvalue weighted by Gasteiger charge is 2.05. The van der Waals surface area contributed by atoms with Crippen LogP contribution in [-0.4, -0.2) is 10.3 Å². The Kier molecular flexibility index (Phi) is 3.08. The van der Waals surface area contributed by atoms with Crippen molar-refractivity contribution in [3.63, 3.8) is 0 Å². The number of aromatic hydroxyl groups is 1. The quantitative estimate of drug-likeness (QED) is 0.602. The number of hydroxylamine groups is 1. The fourth-order valence-electron chi connectivity index (χ4n) is 1.11. The molecule has 0 aliphatic heterocycles. The Morgan fingerprint density at radius 1 is 1.33 bits per heavy atom. The van der Waals surface area contributed by atoms with Gasteiger partial charge in [-0.2, -0.15) is 5.48 Å². The van der Waals surface area contributed by atoms with E-state index in [1.807, 2.05) is 6.92 Å². The molecular weight excluding hydrogens is 154 g/mol. The van der Waals surface area contributed by atoms with Crippen molar-refractivity contribution < 1.29 is 10.3 Å². The zero-order valence-corrected chi connectivity index (χ0v) is 6.99. The van der Waals surface area contributed by atoms with Crippen LogP contribution in [0.25, 0.3) is 0 Å². The Balaban J connectivity index is 2.80. The Bertz CT molecular complexity index is 229. The molecule has 0 spiro atoms. The van der Waals surface area contributed by atoms with Crippen LogP contribution in [0.15, 0.2) is 24.3 Å². The van der Waals surface area contributed by atoms with Crippen molar-refractivity contribution in [2.24, 2.45) is 0 Å². The molecule has 3 N–H and O–H groups in total. The molecule has 0 fully saturated rings. The molecule has 0 heterocycles. The maximum absolute atomic E-state index is 9.00. The van der Waals surface area contributed by atoms with Gasteiger partial charge in [0.15, 0.2) is 0 Å². The van der Waals surface area contributed by atoms with Crippen LogP contribution in [-0.2, 0) is 0 Å². The van der Waals surface area contributed by atoms with Crippen LogP contribution in [0.1, 0.15) is 24.9 Å². The van der Waals surface area contributed by atoms with Gasteiger partial charge in [-0.1, -0.05) is 19.1 Å². The number of phenols is 1. The minimum Gasteiger partial charge on any atom is -0.508 e. The number of nitrogens with one attached hydrogen (secondary N) is 1. The number of rotatable bonds is 3. The first-order chi connectivity index (χ1) is 5.77. The van der Waals surface area contributed by atoms with Crippen LogP contribution < -0.4 is 5.48 Å². The first-order valence-corrected chi connectivity index (χ1v) is 3.96. The third-order valence-electron chi connectivity index (χ3n) is 1.86. The lowest BCUT2D eigenvalue weighted by atomic mass is 10.1. The van der Waals surface area contributed by atoms with E-state index in [0.29, 0.717) is 0 Å². The molecule has 0 aromatic heterocycles. The van der Waals surface area contributed by atoms with E-state index < -0.39 is 0 Å². The Morgan fingerprint density at radius 2 is 1.92 bits per heavy atom. The first-order valence-electron chi connectivity index (χ1n) is 3.96. The van der Waals surface area contributed by atoms with Gasteiger partial charge >= 0.3 is 0 Å². The highest BCUT2D eigenvalue weighted by molar-refractivity contribution is 5.27. The first kappa shape index (κ1) is 9.03. The SMILES string of the molecule is CCC(NO)c1ccc(O)cc1. The van der Waals surface area contributed by atoms with Crippen molar-refractivity contribution >= 4 is 0 Å². The molecule has 3 nitrogen and oxygen atoms in total. The van der Waals surface area contributed by atoms with E-state index in [9.17, 15) is 0 Å². The molecule has 12 heavy (non-hydrogen) atoms. The monoisotopic (exact) mass is 167 g/mol. The van der Waals surface area contributed by atoms with Gasteiger partial charge in [0.25, 0.3) is 0 Å². The molecule has 0 amide bonds. The lowest BCUT2D eigenvalue weighted by Crippen LogP contribution is -2.15. The van der Waals surface area contributed by atoms with Crippen LogP contribution in [0.3, 0.4) is 0 Å². The Hall–Kier alpha value is -1.06. The average Bonchev–Trinajstić information content (AvgIpc) is 2.10. The largest absolute Gasteiger partial charge is 0.508 e.